The molecule has 0 saturated carbocycles. The van der Waals surface area contributed by atoms with Crippen LogP contribution in [0.3, 0.4) is 0 Å². The Morgan fingerprint density at radius 1 is 0.600 bits per heavy atom. The van der Waals surface area contributed by atoms with Gasteiger partial charge in [0.1, 0.15) is 0 Å². The zero-order valence-electron chi connectivity index (χ0n) is 17.8. The zero-order valence-corrected chi connectivity index (χ0v) is 19.4. The van der Waals surface area contributed by atoms with Crippen molar-refractivity contribution in [2.24, 2.45) is 0 Å². The molecule has 0 unspecified atom stereocenters. The second-order valence-corrected chi connectivity index (χ2v) is 8.65. The maximum absolute atomic E-state index is 3.49. The first kappa shape index (κ1) is 21.8. The molecule has 0 aliphatic rings. The summed E-state index contributed by atoms with van der Waals surface area (Å²) >= 11 is 3.49. The van der Waals surface area contributed by atoms with Crippen molar-refractivity contribution >= 4 is 22.0 Å². The summed E-state index contributed by atoms with van der Waals surface area (Å²) in [5.74, 6) is 0. The molecule has 0 aliphatic heterocycles. The third-order valence-electron chi connectivity index (χ3n) is 4.90. The Hall–Kier alpha value is -2.90. The van der Waals surface area contributed by atoms with Crippen LogP contribution in [0, 0.1) is 13.8 Å². The van der Waals surface area contributed by atoms with Gasteiger partial charge in [-0.2, -0.15) is 0 Å². The van der Waals surface area contributed by atoms with E-state index in [9.17, 15) is 0 Å². The summed E-state index contributed by atoms with van der Waals surface area (Å²) in [6.45, 7) is 6.29. The predicted octanol–water partition coefficient (Wildman–Crippen LogP) is 9.08. The molecule has 4 aromatic rings. The molecule has 0 N–H and O–H groups in total. The first-order valence-electron chi connectivity index (χ1n) is 10.1. The largest absolute Gasteiger partial charge is 0.0622 e. The molecule has 4 rings (SSSR count). The van der Waals surface area contributed by atoms with Gasteiger partial charge in [0, 0.05) is 0 Å². The second kappa shape index (κ2) is 10.8. The fourth-order valence-electron chi connectivity index (χ4n) is 3.20. The first-order chi connectivity index (χ1) is 14.5. The van der Waals surface area contributed by atoms with Gasteiger partial charge in [0.2, 0.25) is 0 Å². The third kappa shape index (κ3) is 6.30. The second-order valence-electron chi connectivity index (χ2n) is 7.40. The molecule has 0 atom stereocenters. The number of halogens is 1. The fourth-order valence-corrected chi connectivity index (χ4v) is 3.44. The summed E-state index contributed by atoms with van der Waals surface area (Å²) in [4.78, 5) is 0. The predicted molar refractivity (Wildman–Crippen MR) is 136 cm³/mol. The van der Waals surface area contributed by atoms with E-state index < -0.39 is 0 Å². The molecule has 0 amide bonds. The monoisotopic (exact) mass is 454 g/mol. The van der Waals surface area contributed by atoms with E-state index in [-0.39, 0.29) is 0 Å². The van der Waals surface area contributed by atoms with Crippen molar-refractivity contribution in [2.75, 3.05) is 0 Å². The topological polar surface area (TPSA) is 0 Å². The molecule has 150 valence electrons. The molecule has 0 saturated heterocycles. The molecule has 4 aromatic carbocycles. The maximum atomic E-state index is 3.49. The Balaban J connectivity index is 0.000000177. The van der Waals surface area contributed by atoms with Gasteiger partial charge in [-0.3, -0.25) is 0 Å². The van der Waals surface area contributed by atoms with Gasteiger partial charge in [-0.15, -0.1) is 0 Å². The average molecular weight is 455 g/mol. The first-order valence-corrected chi connectivity index (χ1v) is 10.9. The Morgan fingerprint density at radius 2 is 1.07 bits per heavy atom. The molecule has 0 spiro atoms. The molecule has 0 nitrogen and oxygen atoms in total. The van der Waals surface area contributed by atoms with Crippen LogP contribution in [0.4, 0.5) is 0 Å². The number of hydrogen-bond acceptors (Lipinski definition) is 0. The lowest BCUT2D eigenvalue weighted by Crippen LogP contribution is -1.84. The SMILES string of the molecule is C/C(Br)=C\c1cc(-c2ccccc2)ccc1C.Cc1ccc(-c2ccccc2)cc1. The normalized spacial score (nSPS) is 10.9. The van der Waals surface area contributed by atoms with E-state index in [1.807, 2.05) is 12.1 Å². The lowest BCUT2D eigenvalue weighted by Gasteiger charge is -2.06. The molecular weight excluding hydrogens is 428 g/mol. The smallest absolute Gasteiger partial charge is 0.00744 e. The van der Waals surface area contributed by atoms with Gasteiger partial charge in [-0.25, -0.2) is 0 Å². The van der Waals surface area contributed by atoms with Gasteiger partial charge in [-0.1, -0.05) is 119 Å². The van der Waals surface area contributed by atoms with Crippen molar-refractivity contribution in [2.45, 2.75) is 20.8 Å². The molecule has 0 fully saturated rings. The maximum Gasteiger partial charge on any atom is -0.00744 e. The molecule has 0 aliphatic carbocycles. The number of hydrogen-bond donors (Lipinski definition) is 0. The number of rotatable bonds is 3. The van der Waals surface area contributed by atoms with Gasteiger partial charge < -0.3 is 0 Å². The van der Waals surface area contributed by atoms with Gasteiger partial charge in [0.05, 0.1) is 0 Å². The van der Waals surface area contributed by atoms with E-state index >= 15 is 0 Å². The van der Waals surface area contributed by atoms with E-state index in [1.165, 1.54) is 38.9 Å². The molecule has 0 radical (unpaired) electrons. The van der Waals surface area contributed by atoms with Crippen molar-refractivity contribution < 1.29 is 0 Å². The standard InChI is InChI=1S/C16H15Br.C13H12/c1-12-8-9-15(11-16(12)10-13(2)17)14-6-4-3-5-7-14;1-11-7-9-13(10-8-11)12-5-3-2-4-6-12/h3-11H,1-2H3;2-10H,1H3/b13-10+;. The third-order valence-corrected chi connectivity index (χ3v) is 5.13. The van der Waals surface area contributed by atoms with E-state index in [4.69, 9.17) is 0 Å². The summed E-state index contributed by atoms with van der Waals surface area (Å²) < 4.78 is 1.14. The van der Waals surface area contributed by atoms with Crippen LogP contribution < -0.4 is 0 Å². The summed E-state index contributed by atoms with van der Waals surface area (Å²) in [6.07, 6.45) is 2.15. The van der Waals surface area contributed by atoms with Crippen molar-refractivity contribution in [3.8, 4) is 22.3 Å². The molecule has 0 heterocycles. The van der Waals surface area contributed by atoms with E-state index in [2.05, 4.69) is 134 Å². The Morgan fingerprint density at radius 3 is 1.60 bits per heavy atom. The average Bonchev–Trinajstić information content (AvgIpc) is 2.77. The van der Waals surface area contributed by atoms with Gasteiger partial charge in [0.15, 0.2) is 0 Å². The van der Waals surface area contributed by atoms with Gasteiger partial charge in [0.25, 0.3) is 0 Å². The van der Waals surface area contributed by atoms with Gasteiger partial charge in [-0.05, 0) is 70.8 Å². The van der Waals surface area contributed by atoms with Crippen molar-refractivity contribution in [3.63, 3.8) is 0 Å². The lowest BCUT2D eigenvalue weighted by atomic mass is 9.99. The zero-order chi connectivity index (χ0) is 21.3. The highest BCUT2D eigenvalue weighted by Crippen LogP contribution is 2.24. The summed E-state index contributed by atoms with van der Waals surface area (Å²) in [5.41, 5.74) is 8.95. The highest BCUT2D eigenvalue weighted by molar-refractivity contribution is 9.11. The minimum absolute atomic E-state index is 1.14. The number of aryl methyl sites for hydroxylation is 2. The van der Waals surface area contributed by atoms with Crippen molar-refractivity contribution in [1.82, 2.24) is 0 Å². The minimum atomic E-state index is 1.14. The molecule has 0 bridgehead atoms. The van der Waals surface area contributed by atoms with Crippen LogP contribution in [0.2, 0.25) is 0 Å². The quantitative estimate of drug-likeness (QED) is 0.289. The van der Waals surface area contributed by atoms with E-state index in [0.29, 0.717) is 0 Å². The Kier molecular flexibility index (Phi) is 7.82. The number of allylic oxidation sites excluding steroid dienone is 1. The van der Waals surface area contributed by atoms with Crippen LogP contribution in [-0.2, 0) is 0 Å². The summed E-state index contributed by atoms with van der Waals surface area (Å²) in [6, 6.07) is 36.1. The lowest BCUT2D eigenvalue weighted by molar-refractivity contribution is 1.43. The Labute approximate surface area is 189 Å². The molecule has 0 aromatic heterocycles. The molecular formula is C29H27Br. The van der Waals surface area contributed by atoms with Crippen molar-refractivity contribution in [3.05, 3.63) is 124 Å². The summed E-state index contributed by atoms with van der Waals surface area (Å²) in [5, 5.41) is 0. The van der Waals surface area contributed by atoms with Crippen molar-refractivity contribution in [1.29, 1.82) is 0 Å². The molecule has 1 heteroatoms. The van der Waals surface area contributed by atoms with Crippen LogP contribution in [0.1, 0.15) is 23.6 Å². The minimum Gasteiger partial charge on any atom is -0.0622 e. The van der Waals surface area contributed by atoms with Crippen LogP contribution in [0.15, 0.2) is 108 Å². The highest BCUT2D eigenvalue weighted by atomic mass is 79.9. The number of benzene rings is 4. The molecule has 30 heavy (non-hydrogen) atoms. The fraction of sp³-hybridized carbons (Fsp3) is 0.103. The summed E-state index contributed by atoms with van der Waals surface area (Å²) in [7, 11) is 0. The van der Waals surface area contributed by atoms with Crippen LogP contribution in [0.5, 0.6) is 0 Å². The van der Waals surface area contributed by atoms with Crippen LogP contribution >= 0.6 is 15.9 Å². The van der Waals surface area contributed by atoms with Crippen LogP contribution in [-0.4, -0.2) is 0 Å². The Bertz CT molecular complexity index is 1090. The van der Waals surface area contributed by atoms with Crippen LogP contribution in [0.25, 0.3) is 28.3 Å². The van der Waals surface area contributed by atoms with E-state index in [1.54, 1.807) is 0 Å². The highest BCUT2D eigenvalue weighted by Gasteiger charge is 2.00. The van der Waals surface area contributed by atoms with E-state index in [0.717, 1.165) is 4.48 Å². The van der Waals surface area contributed by atoms with Gasteiger partial charge >= 0.3 is 0 Å².